The van der Waals surface area contributed by atoms with Crippen LogP contribution in [0.3, 0.4) is 0 Å². The van der Waals surface area contributed by atoms with Crippen molar-refractivity contribution in [2.24, 2.45) is 4.99 Å². The minimum atomic E-state index is 0. The Labute approximate surface area is 190 Å². The summed E-state index contributed by atoms with van der Waals surface area (Å²) in [5, 5.41) is 12.9. The molecule has 6 nitrogen and oxygen atoms in total. The summed E-state index contributed by atoms with van der Waals surface area (Å²) in [7, 11) is 1.70. The summed E-state index contributed by atoms with van der Waals surface area (Å²) in [6.45, 7) is 7.21. The second-order valence-electron chi connectivity index (χ2n) is 6.77. The number of hydrogen-bond donors (Lipinski definition) is 2. The molecule has 2 aromatic rings. The number of halogens is 1. The van der Waals surface area contributed by atoms with Crippen LogP contribution in [0.2, 0.25) is 0 Å². The molecule has 7 heteroatoms. The van der Waals surface area contributed by atoms with Crippen molar-refractivity contribution in [3.8, 4) is 5.75 Å². The second kappa shape index (κ2) is 11.9. The van der Waals surface area contributed by atoms with Crippen molar-refractivity contribution in [3.63, 3.8) is 0 Å². The fourth-order valence-corrected chi connectivity index (χ4v) is 3.44. The Morgan fingerprint density at radius 1 is 1.07 bits per heavy atom. The van der Waals surface area contributed by atoms with Crippen molar-refractivity contribution in [1.29, 1.82) is 0 Å². The zero-order valence-electron chi connectivity index (χ0n) is 17.2. The van der Waals surface area contributed by atoms with E-state index in [1.54, 1.807) is 7.11 Å². The number of aliphatic hydroxyl groups excluding tert-OH is 1. The predicted molar refractivity (Wildman–Crippen MR) is 129 cm³/mol. The lowest BCUT2D eigenvalue weighted by Crippen LogP contribution is -2.52. The number of benzene rings is 2. The summed E-state index contributed by atoms with van der Waals surface area (Å²) in [6.07, 6.45) is 0. The van der Waals surface area contributed by atoms with Gasteiger partial charge in [-0.05, 0) is 30.2 Å². The minimum Gasteiger partial charge on any atom is -0.497 e. The van der Waals surface area contributed by atoms with E-state index in [4.69, 9.17) is 9.73 Å². The molecular weight excluding hydrogens is 479 g/mol. The van der Waals surface area contributed by atoms with Gasteiger partial charge in [0.15, 0.2) is 5.96 Å². The van der Waals surface area contributed by atoms with Crippen molar-refractivity contribution in [2.45, 2.75) is 20.1 Å². The average Bonchev–Trinajstić information content (AvgIpc) is 2.77. The van der Waals surface area contributed by atoms with Gasteiger partial charge in [-0.25, -0.2) is 4.99 Å². The summed E-state index contributed by atoms with van der Waals surface area (Å²) >= 11 is 0. The molecule has 3 rings (SSSR count). The van der Waals surface area contributed by atoms with Crippen LogP contribution in [0, 0.1) is 0 Å². The SMILES string of the molecule is CCNC(=NCc1ccccc1CO)N1CCN(c2cccc(OC)c2)CC1.I. The number of piperazine rings is 1. The average molecular weight is 510 g/mol. The van der Waals surface area contributed by atoms with Gasteiger partial charge in [0.25, 0.3) is 0 Å². The van der Waals surface area contributed by atoms with Crippen LogP contribution in [0.15, 0.2) is 53.5 Å². The molecule has 0 spiro atoms. The van der Waals surface area contributed by atoms with Crippen LogP contribution in [-0.2, 0) is 13.2 Å². The standard InChI is InChI=1S/C22H30N4O2.HI/c1-3-23-22(24-16-18-7-4-5-8-19(18)17-27)26-13-11-25(12-14-26)20-9-6-10-21(15-20)28-2;/h4-10,15,27H,3,11-14,16-17H2,1-2H3,(H,23,24);1H. The van der Waals surface area contributed by atoms with E-state index in [9.17, 15) is 5.11 Å². The maximum atomic E-state index is 9.52. The molecule has 158 valence electrons. The molecule has 0 atom stereocenters. The predicted octanol–water partition coefficient (Wildman–Crippen LogP) is 3.09. The van der Waals surface area contributed by atoms with Gasteiger partial charge >= 0.3 is 0 Å². The van der Waals surface area contributed by atoms with E-state index in [-0.39, 0.29) is 30.6 Å². The van der Waals surface area contributed by atoms with Crippen LogP contribution >= 0.6 is 24.0 Å². The van der Waals surface area contributed by atoms with Gasteiger partial charge in [0.2, 0.25) is 0 Å². The number of aliphatic hydroxyl groups is 1. The Morgan fingerprint density at radius 2 is 1.79 bits per heavy atom. The number of methoxy groups -OCH3 is 1. The summed E-state index contributed by atoms with van der Waals surface area (Å²) in [4.78, 5) is 9.51. The summed E-state index contributed by atoms with van der Waals surface area (Å²) < 4.78 is 5.35. The molecule has 1 aliphatic rings. The number of aliphatic imine (C=N–C) groups is 1. The molecule has 0 bridgehead atoms. The van der Waals surface area contributed by atoms with Crippen molar-refractivity contribution >= 4 is 35.6 Å². The normalized spacial score (nSPS) is 14.4. The molecule has 1 heterocycles. The lowest BCUT2D eigenvalue weighted by molar-refractivity contribution is 0.280. The number of guanidine groups is 1. The number of hydrogen-bond acceptors (Lipinski definition) is 4. The van der Waals surface area contributed by atoms with Crippen molar-refractivity contribution in [2.75, 3.05) is 44.7 Å². The highest BCUT2D eigenvalue weighted by Crippen LogP contribution is 2.22. The number of rotatable bonds is 6. The molecule has 0 aliphatic carbocycles. The first-order valence-corrected chi connectivity index (χ1v) is 9.85. The Hall–Kier alpha value is -2.00. The lowest BCUT2D eigenvalue weighted by atomic mass is 10.1. The molecule has 29 heavy (non-hydrogen) atoms. The number of nitrogens with zero attached hydrogens (tertiary/aromatic N) is 3. The molecule has 2 aromatic carbocycles. The molecule has 0 aromatic heterocycles. The maximum Gasteiger partial charge on any atom is 0.194 e. The van der Waals surface area contributed by atoms with Crippen LogP contribution in [-0.4, -0.2) is 55.8 Å². The fraction of sp³-hybridized carbons (Fsp3) is 0.409. The molecule has 2 N–H and O–H groups in total. The van der Waals surface area contributed by atoms with Gasteiger partial charge < -0.3 is 25.0 Å². The Bertz CT molecular complexity index is 792. The van der Waals surface area contributed by atoms with Crippen LogP contribution < -0.4 is 15.0 Å². The van der Waals surface area contributed by atoms with Gasteiger partial charge in [0, 0.05) is 44.5 Å². The Kier molecular flexibility index (Phi) is 9.53. The van der Waals surface area contributed by atoms with Gasteiger partial charge in [-0.15, -0.1) is 24.0 Å². The van der Waals surface area contributed by atoms with E-state index >= 15 is 0 Å². The molecule has 0 amide bonds. The van der Waals surface area contributed by atoms with Gasteiger partial charge in [0.05, 0.1) is 20.3 Å². The zero-order valence-corrected chi connectivity index (χ0v) is 19.5. The first-order chi connectivity index (χ1) is 13.7. The van der Waals surface area contributed by atoms with Crippen LogP contribution in [0.25, 0.3) is 0 Å². The molecule has 1 aliphatic heterocycles. The molecule has 1 saturated heterocycles. The van der Waals surface area contributed by atoms with Crippen molar-refractivity contribution in [1.82, 2.24) is 10.2 Å². The smallest absolute Gasteiger partial charge is 0.194 e. The van der Waals surface area contributed by atoms with Crippen molar-refractivity contribution in [3.05, 3.63) is 59.7 Å². The van der Waals surface area contributed by atoms with Gasteiger partial charge in [-0.2, -0.15) is 0 Å². The quantitative estimate of drug-likeness (QED) is 0.356. The minimum absolute atomic E-state index is 0. The van der Waals surface area contributed by atoms with E-state index in [0.29, 0.717) is 6.54 Å². The topological polar surface area (TPSA) is 60.3 Å². The van der Waals surface area contributed by atoms with E-state index in [1.807, 2.05) is 36.4 Å². The third kappa shape index (κ3) is 6.24. The second-order valence-corrected chi connectivity index (χ2v) is 6.77. The van der Waals surface area contributed by atoms with Gasteiger partial charge in [0.1, 0.15) is 5.75 Å². The molecule has 1 fully saturated rings. The summed E-state index contributed by atoms with van der Waals surface area (Å²) in [5.74, 6) is 1.82. The molecule has 0 radical (unpaired) electrons. The zero-order chi connectivity index (χ0) is 19.8. The molecular formula is C22H31IN4O2. The highest BCUT2D eigenvalue weighted by Gasteiger charge is 2.20. The maximum absolute atomic E-state index is 9.52. The number of anilines is 1. The summed E-state index contributed by atoms with van der Waals surface area (Å²) in [5.41, 5.74) is 3.19. The van der Waals surface area contributed by atoms with Gasteiger partial charge in [-0.3, -0.25) is 0 Å². The highest BCUT2D eigenvalue weighted by molar-refractivity contribution is 14.0. The highest BCUT2D eigenvalue weighted by atomic mass is 127. The van der Waals surface area contributed by atoms with E-state index < -0.39 is 0 Å². The van der Waals surface area contributed by atoms with Crippen LogP contribution in [0.1, 0.15) is 18.1 Å². The third-order valence-corrected chi connectivity index (χ3v) is 5.02. The largest absolute Gasteiger partial charge is 0.497 e. The van der Waals surface area contributed by atoms with E-state index in [0.717, 1.165) is 55.6 Å². The van der Waals surface area contributed by atoms with E-state index in [2.05, 4.69) is 34.2 Å². The third-order valence-electron chi connectivity index (χ3n) is 5.02. The fourth-order valence-electron chi connectivity index (χ4n) is 3.44. The molecule has 0 unspecified atom stereocenters. The van der Waals surface area contributed by atoms with Crippen molar-refractivity contribution < 1.29 is 9.84 Å². The van der Waals surface area contributed by atoms with Crippen LogP contribution in [0.5, 0.6) is 5.75 Å². The van der Waals surface area contributed by atoms with Gasteiger partial charge in [-0.1, -0.05) is 30.3 Å². The monoisotopic (exact) mass is 510 g/mol. The lowest BCUT2D eigenvalue weighted by Gasteiger charge is -2.37. The summed E-state index contributed by atoms with van der Waals surface area (Å²) in [6, 6.07) is 16.1. The number of nitrogens with one attached hydrogen (secondary N) is 1. The van der Waals surface area contributed by atoms with E-state index in [1.165, 1.54) is 5.69 Å². The Morgan fingerprint density at radius 3 is 2.45 bits per heavy atom. The Balaban J connectivity index is 0.00000300. The first-order valence-electron chi connectivity index (χ1n) is 9.85. The van der Waals surface area contributed by atoms with Crippen LogP contribution in [0.4, 0.5) is 5.69 Å². The first kappa shape index (κ1) is 23.3. The molecule has 0 saturated carbocycles. The number of ether oxygens (including phenoxy) is 1.